The maximum atomic E-state index is 12.9. The minimum atomic E-state index is -0.0980. The Morgan fingerprint density at radius 1 is 1.13 bits per heavy atom. The molecule has 1 saturated heterocycles. The number of oxazole rings is 1. The standard InChI is InChI=1S/C22H25N5O3/c1-15-24-20(13-30-15)22(29)26-10-8-25(9-11-26)17-6-7-18-19(12-17)23-14-27(21(18)28)16-4-2-3-5-16/h6-7,12-14,16H,2-5,8-11H2,1H3. The minimum Gasteiger partial charge on any atom is -0.448 e. The van der Waals surface area contributed by atoms with E-state index in [1.165, 1.54) is 19.1 Å². The van der Waals surface area contributed by atoms with E-state index in [4.69, 9.17) is 4.42 Å². The number of hydrogen-bond donors (Lipinski definition) is 0. The highest BCUT2D eigenvalue weighted by Gasteiger charge is 2.25. The summed E-state index contributed by atoms with van der Waals surface area (Å²) >= 11 is 0. The SMILES string of the molecule is Cc1nc(C(=O)N2CCN(c3ccc4c(=O)n(C5CCCC5)cnc4c3)CC2)co1. The number of piperazine rings is 1. The summed E-state index contributed by atoms with van der Waals surface area (Å²) in [6, 6.07) is 6.14. The van der Waals surface area contributed by atoms with Gasteiger partial charge in [-0.25, -0.2) is 9.97 Å². The largest absolute Gasteiger partial charge is 0.448 e. The Bertz CT molecular complexity index is 1140. The number of aromatic nitrogens is 3. The van der Waals surface area contributed by atoms with Crippen molar-refractivity contribution in [2.45, 2.75) is 38.6 Å². The van der Waals surface area contributed by atoms with E-state index in [1.54, 1.807) is 18.2 Å². The van der Waals surface area contributed by atoms with E-state index in [-0.39, 0.29) is 17.5 Å². The van der Waals surface area contributed by atoms with Gasteiger partial charge in [-0.3, -0.25) is 14.2 Å². The molecule has 1 aliphatic heterocycles. The zero-order chi connectivity index (χ0) is 20.7. The van der Waals surface area contributed by atoms with E-state index in [0.717, 1.165) is 24.0 Å². The fraction of sp³-hybridized carbons (Fsp3) is 0.455. The molecule has 2 aromatic heterocycles. The fourth-order valence-electron chi connectivity index (χ4n) is 4.55. The summed E-state index contributed by atoms with van der Waals surface area (Å²) in [7, 11) is 0. The minimum absolute atomic E-state index is 0.0526. The third kappa shape index (κ3) is 3.36. The number of anilines is 1. The van der Waals surface area contributed by atoms with Crippen LogP contribution in [-0.4, -0.2) is 51.5 Å². The lowest BCUT2D eigenvalue weighted by Crippen LogP contribution is -2.48. The van der Waals surface area contributed by atoms with Gasteiger partial charge in [-0.15, -0.1) is 0 Å². The first-order chi connectivity index (χ1) is 14.6. The quantitative estimate of drug-likeness (QED) is 0.664. The van der Waals surface area contributed by atoms with Gasteiger partial charge in [-0.2, -0.15) is 0 Å². The summed E-state index contributed by atoms with van der Waals surface area (Å²) in [5, 5.41) is 0.670. The van der Waals surface area contributed by atoms with Crippen molar-refractivity contribution in [2.24, 2.45) is 0 Å². The summed E-state index contributed by atoms with van der Waals surface area (Å²) in [4.78, 5) is 38.2. The second-order valence-electron chi connectivity index (χ2n) is 8.13. The van der Waals surface area contributed by atoms with Crippen LogP contribution in [0, 0.1) is 6.92 Å². The van der Waals surface area contributed by atoms with Crippen molar-refractivity contribution < 1.29 is 9.21 Å². The first-order valence-electron chi connectivity index (χ1n) is 10.6. The van der Waals surface area contributed by atoms with Crippen LogP contribution in [0.2, 0.25) is 0 Å². The van der Waals surface area contributed by atoms with Gasteiger partial charge in [0, 0.05) is 44.8 Å². The highest BCUT2D eigenvalue weighted by molar-refractivity contribution is 5.92. The lowest BCUT2D eigenvalue weighted by atomic mass is 10.1. The fourth-order valence-corrected chi connectivity index (χ4v) is 4.55. The number of aryl methyl sites for hydroxylation is 1. The molecule has 1 aliphatic carbocycles. The topological polar surface area (TPSA) is 84.5 Å². The summed E-state index contributed by atoms with van der Waals surface area (Å²) in [6.45, 7) is 4.38. The average molecular weight is 407 g/mol. The molecule has 0 spiro atoms. The van der Waals surface area contributed by atoms with Gasteiger partial charge in [0.05, 0.1) is 17.2 Å². The van der Waals surface area contributed by atoms with E-state index in [2.05, 4.69) is 14.9 Å². The Labute approximate surface area is 174 Å². The van der Waals surface area contributed by atoms with Crippen LogP contribution in [0.3, 0.4) is 0 Å². The van der Waals surface area contributed by atoms with E-state index in [1.807, 2.05) is 22.8 Å². The van der Waals surface area contributed by atoms with Crippen LogP contribution in [-0.2, 0) is 0 Å². The van der Waals surface area contributed by atoms with Gasteiger partial charge >= 0.3 is 0 Å². The highest BCUT2D eigenvalue weighted by atomic mass is 16.3. The van der Waals surface area contributed by atoms with Gasteiger partial charge in [0.2, 0.25) is 0 Å². The van der Waals surface area contributed by atoms with Crippen LogP contribution < -0.4 is 10.5 Å². The number of carbonyl (C=O) groups excluding carboxylic acids is 1. The molecule has 1 amide bonds. The monoisotopic (exact) mass is 407 g/mol. The molecular weight excluding hydrogens is 382 g/mol. The molecule has 0 N–H and O–H groups in total. The van der Waals surface area contributed by atoms with Crippen molar-refractivity contribution in [1.29, 1.82) is 0 Å². The Hall–Kier alpha value is -3.16. The molecule has 30 heavy (non-hydrogen) atoms. The molecule has 3 heterocycles. The van der Waals surface area contributed by atoms with E-state index >= 15 is 0 Å². The molecular formula is C22H25N5O3. The van der Waals surface area contributed by atoms with E-state index in [0.29, 0.717) is 43.1 Å². The van der Waals surface area contributed by atoms with Gasteiger partial charge in [0.15, 0.2) is 11.6 Å². The number of benzene rings is 1. The van der Waals surface area contributed by atoms with Crippen LogP contribution in [0.15, 0.2) is 40.0 Å². The summed E-state index contributed by atoms with van der Waals surface area (Å²) in [5.74, 6) is 0.395. The normalized spacial score (nSPS) is 17.8. The predicted molar refractivity (Wildman–Crippen MR) is 113 cm³/mol. The zero-order valence-corrected chi connectivity index (χ0v) is 17.1. The van der Waals surface area contributed by atoms with Crippen LogP contribution >= 0.6 is 0 Å². The first-order valence-corrected chi connectivity index (χ1v) is 10.6. The Morgan fingerprint density at radius 3 is 2.60 bits per heavy atom. The maximum absolute atomic E-state index is 12.9. The summed E-state index contributed by atoms with van der Waals surface area (Å²) in [6.07, 6.45) is 7.60. The number of hydrogen-bond acceptors (Lipinski definition) is 6. The molecule has 0 radical (unpaired) electrons. The Balaban J connectivity index is 1.31. The molecule has 1 aromatic carbocycles. The first kappa shape index (κ1) is 18.8. The zero-order valence-electron chi connectivity index (χ0n) is 17.1. The van der Waals surface area contributed by atoms with Gasteiger partial charge in [0.1, 0.15) is 6.26 Å². The maximum Gasteiger partial charge on any atom is 0.275 e. The molecule has 8 nitrogen and oxygen atoms in total. The van der Waals surface area contributed by atoms with E-state index < -0.39 is 0 Å². The van der Waals surface area contributed by atoms with Crippen molar-refractivity contribution in [3.8, 4) is 0 Å². The van der Waals surface area contributed by atoms with Crippen molar-refractivity contribution in [3.05, 3.63) is 52.7 Å². The number of fused-ring (bicyclic) bond motifs is 1. The molecule has 0 unspecified atom stereocenters. The lowest BCUT2D eigenvalue weighted by molar-refractivity contribution is 0.0741. The van der Waals surface area contributed by atoms with Crippen LogP contribution in [0.1, 0.15) is 48.1 Å². The van der Waals surface area contributed by atoms with E-state index in [9.17, 15) is 9.59 Å². The van der Waals surface area contributed by atoms with Gasteiger partial charge in [-0.1, -0.05) is 12.8 Å². The Morgan fingerprint density at radius 2 is 1.90 bits per heavy atom. The van der Waals surface area contributed by atoms with Crippen LogP contribution in [0.4, 0.5) is 5.69 Å². The Kier molecular flexibility index (Phi) is 4.77. The van der Waals surface area contributed by atoms with Gasteiger partial charge < -0.3 is 14.2 Å². The summed E-state index contributed by atoms with van der Waals surface area (Å²) in [5.41, 5.74) is 2.16. The lowest BCUT2D eigenvalue weighted by Gasteiger charge is -2.35. The van der Waals surface area contributed by atoms with Crippen molar-refractivity contribution in [1.82, 2.24) is 19.4 Å². The molecule has 2 aliphatic rings. The van der Waals surface area contributed by atoms with Gasteiger partial charge in [-0.05, 0) is 31.0 Å². The molecule has 1 saturated carbocycles. The smallest absolute Gasteiger partial charge is 0.275 e. The number of rotatable bonds is 3. The third-order valence-electron chi connectivity index (χ3n) is 6.26. The number of carbonyl (C=O) groups is 1. The van der Waals surface area contributed by atoms with Crippen LogP contribution in [0.25, 0.3) is 10.9 Å². The molecule has 5 rings (SSSR count). The number of amides is 1. The molecule has 2 fully saturated rings. The van der Waals surface area contributed by atoms with Crippen molar-refractivity contribution >= 4 is 22.5 Å². The molecule has 3 aromatic rings. The highest BCUT2D eigenvalue weighted by Crippen LogP contribution is 2.28. The second-order valence-corrected chi connectivity index (χ2v) is 8.13. The van der Waals surface area contributed by atoms with Crippen molar-refractivity contribution in [3.63, 3.8) is 0 Å². The average Bonchev–Trinajstić information content (AvgIpc) is 3.45. The second kappa shape index (κ2) is 7.59. The van der Waals surface area contributed by atoms with Gasteiger partial charge in [0.25, 0.3) is 11.5 Å². The predicted octanol–water partition coefficient (Wildman–Crippen LogP) is 2.77. The molecule has 0 bridgehead atoms. The third-order valence-corrected chi connectivity index (χ3v) is 6.26. The molecule has 156 valence electrons. The summed E-state index contributed by atoms with van der Waals surface area (Å²) < 4.78 is 6.97. The molecule has 8 heteroatoms. The van der Waals surface area contributed by atoms with Crippen molar-refractivity contribution in [2.75, 3.05) is 31.1 Å². The van der Waals surface area contributed by atoms with Crippen LogP contribution in [0.5, 0.6) is 0 Å². The number of nitrogens with zero attached hydrogens (tertiary/aromatic N) is 5. The molecule has 0 atom stereocenters.